The van der Waals surface area contributed by atoms with Crippen molar-refractivity contribution < 1.29 is 8.42 Å². The van der Waals surface area contributed by atoms with Gasteiger partial charge in [0.25, 0.3) is 0 Å². The Morgan fingerprint density at radius 1 is 1.24 bits per heavy atom. The molecule has 124 valence electrons. The minimum absolute atomic E-state index is 0.474. The van der Waals surface area contributed by atoms with Gasteiger partial charge in [0.15, 0.2) is 0 Å². The first-order valence-corrected chi connectivity index (χ1v) is 9.87. The fraction of sp³-hybridized carbons (Fsp3) is 1.00. The van der Waals surface area contributed by atoms with E-state index in [-0.39, 0.29) is 0 Å². The van der Waals surface area contributed by atoms with Crippen LogP contribution >= 0.6 is 0 Å². The summed E-state index contributed by atoms with van der Waals surface area (Å²) in [5, 5.41) is 3.37. The molecule has 0 bridgehead atoms. The van der Waals surface area contributed by atoms with E-state index in [0.717, 1.165) is 58.7 Å². The second kappa shape index (κ2) is 7.87. The Labute approximate surface area is 129 Å². The van der Waals surface area contributed by atoms with Crippen LogP contribution in [0.25, 0.3) is 0 Å². The summed E-state index contributed by atoms with van der Waals surface area (Å²) in [6.45, 7) is 9.02. The largest absolute Gasteiger partial charge is 0.314 e. The number of nitrogens with zero attached hydrogens (tertiary/aromatic N) is 3. The highest BCUT2D eigenvalue weighted by molar-refractivity contribution is 7.88. The lowest BCUT2D eigenvalue weighted by molar-refractivity contribution is 0.170. The van der Waals surface area contributed by atoms with Gasteiger partial charge >= 0.3 is 0 Å². The number of likely N-dealkylation sites (N-methyl/N-ethyl adjacent to an activating group) is 1. The molecule has 2 aliphatic rings. The van der Waals surface area contributed by atoms with E-state index in [1.54, 1.807) is 4.31 Å². The summed E-state index contributed by atoms with van der Waals surface area (Å²) in [6.07, 6.45) is 3.46. The molecule has 2 aliphatic heterocycles. The van der Waals surface area contributed by atoms with E-state index in [1.165, 1.54) is 6.26 Å². The molecule has 2 saturated heterocycles. The van der Waals surface area contributed by atoms with Gasteiger partial charge in [-0.2, -0.15) is 0 Å². The third-order valence-electron chi connectivity index (χ3n) is 4.53. The molecule has 0 saturated carbocycles. The molecule has 0 aromatic rings. The number of sulfonamides is 1. The predicted molar refractivity (Wildman–Crippen MR) is 85.9 cm³/mol. The molecule has 0 spiro atoms. The van der Waals surface area contributed by atoms with Crippen LogP contribution in [0.15, 0.2) is 0 Å². The molecule has 7 heteroatoms. The maximum absolute atomic E-state index is 11.6. The maximum atomic E-state index is 11.6. The first-order chi connectivity index (χ1) is 9.95. The Kier molecular flexibility index (Phi) is 6.43. The van der Waals surface area contributed by atoms with Crippen LogP contribution in [-0.4, -0.2) is 94.7 Å². The molecule has 2 fully saturated rings. The van der Waals surface area contributed by atoms with Crippen LogP contribution in [0, 0.1) is 5.92 Å². The maximum Gasteiger partial charge on any atom is 0.211 e. The van der Waals surface area contributed by atoms with Crippen molar-refractivity contribution in [2.75, 3.05) is 72.2 Å². The molecule has 0 aromatic carbocycles. The molecule has 0 amide bonds. The predicted octanol–water partition coefficient (Wildman–Crippen LogP) is -0.505. The SMILES string of the molecule is CN(CCN1CCNCC1)CC1CCCN(S(C)(=O)=O)C1. The highest BCUT2D eigenvalue weighted by Gasteiger charge is 2.26. The van der Waals surface area contributed by atoms with E-state index in [4.69, 9.17) is 0 Å². The van der Waals surface area contributed by atoms with Crippen LogP contribution in [0.4, 0.5) is 0 Å². The van der Waals surface area contributed by atoms with Crippen molar-refractivity contribution in [3.8, 4) is 0 Å². The Balaban J connectivity index is 1.70. The zero-order valence-electron chi connectivity index (χ0n) is 13.4. The van der Waals surface area contributed by atoms with Gasteiger partial charge in [0, 0.05) is 58.9 Å². The molecule has 0 aliphatic carbocycles. The summed E-state index contributed by atoms with van der Waals surface area (Å²) in [6, 6.07) is 0. The second-order valence-electron chi connectivity index (χ2n) is 6.48. The first kappa shape index (κ1) is 17.1. The van der Waals surface area contributed by atoms with E-state index < -0.39 is 10.0 Å². The van der Waals surface area contributed by atoms with Crippen molar-refractivity contribution >= 4 is 10.0 Å². The normalized spacial score (nSPS) is 26.3. The molecule has 0 aromatic heterocycles. The lowest BCUT2D eigenvalue weighted by Crippen LogP contribution is -2.47. The molecule has 6 nitrogen and oxygen atoms in total. The molecule has 1 N–H and O–H groups in total. The monoisotopic (exact) mass is 318 g/mol. The Bertz CT molecular complexity index is 409. The van der Waals surface area contributed by atoms with Crippen molar-refractivity contribution in [2.24, 2.45) is 5.92 Å². The highest BCUT2D eigenvalue weighted by atomic mass is 32.2. The molecule has 1 unspecified atom stereocenters. The summed E-state index contributed by atoms with van der Waals surface area (Å²) in [5.41, 5.74) is 0. The molecule has 2 rings (SSSR count). The first-order valence-electron chi connectivity index (χ1n) is 8.02. The van der Waals surface area contributed by atoms with Crippen LogP contribution in [0.1, 0.15) is 12.8 Å². The number of nitrogens with one attached hydrogen (secondary N) is 1. The van der Waals surface area contributed by atoms with Crippen LogP contribution in [0.5, 0.6) is 0 Å². The van der Waals surface area contributed by atoms with E-state index in [2.05, 4.69) is 22.2 Å². The average molecular weight is 318 g/mol. The summed E-state index contributed by atoms with van der Waals surface area (Å²) < 4.78 is 24.9. The minimum atomic E-state index is -3.02. The summed E-state index contributed by atoms with van der Waals surface area (Å²) >= 11 is 0. The smallest absolute Gasteiger partial charge is 0.211 e. The third kappa shape index (κ3) is 5.83. The van der Waals surface area contributed by atoms with Gasteiger partial charge in [0.1, 0.15) is 0 Å². The van der Waals surface area contributed by atoms with E-state index >= 15 is 0 Å². The number of hydrogen-bond acceptors (Lipinski definition) is 5. The molecule has 2 heterocycles. The van der Waals surface area contributed by atoms with Gasteiger partial charge in [-0.25, -0.2) is 12.7 Å². The number of piperazine rings is 1. The van der Waals surface area contributed by atoms with Gasteiger partial charge < -0.3 is 10.2 Å². The third-order valence-corrected chi connectivity index (χ3v) is 5.80. The molecular weight excluding hydrogens is 288 g/mol. The summed E-state index contributed by atoms with van der Waals surface area (Å²) in [5.74, 6) is 0.474. The van der Waals surface area contributed by atoms with Gasteiger partial charge in [0.2, 0.25) is 10.0 Å². The lowest BCUT2D eigenvalue weighted by atomic mass is 9.99. The van der Waals surface area contributed by atoms with Crippen molar-refractivity contribution in [2.45, 2.75) is 12.8 Å². The fourth-order valence-corrected chi connectivity index (χ4v) is 4.20. The Morgan fingerprint density at radius 2 is 1.95 bits per heavy atom. The summed E-state index contributed by atoms with van der Waals surface area (Å²) in [7, 11) is -0.870. The van der Waals surface area contributed by atoms with Gasteiger partial charge in [-0.1, -0.05) is 0 Å². The van der Waals surface area contributed by atoms with Crippen molar-refractivity contribution in [3.63, 3.8) is 0 Å². The van der Waals surface area contributed by atoms with E-state index in [9.17, 15) is 8.42 Å². The quantitative estimate of drug-likeness (QED) is 0.715. The van der Waals surface area contributed by atoms with Gasteiger partial charge in [0.05, 0.1) is 6.26 Å². The van der Waals surface area contributed by atoms with E-state index in [0.29, 0.717) is 19.0 Å². The van der Waals surface area contributed by atoms with Crippen molar-refractivity contribution in [3.05, 3.63) is 0 Å². The van der Waals surface area contributed by atoms with Crippen LogP contribution < -0.4 is 5.32 Å². The zero-order chi connectivity index (χ0) is 15.3. The molecule has 0 radical (unpaired) electrons. The van der Waals surface area contributed by atoms with Crippen molar-refractivity contribution in [1.82, 2.24) is 19.4 Å². The molecular formula is C14H30N4O2S. The number of piperidine rings is 1. The fourth-order valence-electron chi connectivity index (χ4n) is 3.26. The average Bonchev–Trinajstić information content (AvgIpc) is 2.46. The van der Waals surface area contributed by atoms with Gasteiger partial charge in [-0.15, -0.1) is 0 Å². The minimum Gasteiger partial charge on any atom is -0.314 e. The Morgan fingerprint density at radius 3 is 2.62 bits per heavy atom. The Hall–Kier alpha value is -0.210. The highest BCUT2D eigenvalue weighted by Crippen LogP contribution is 2.19. The van der Waals surface area contributed by atoms with Crippen LogP contribution in [0.2, 0.25) is 0 Å². The van der Waals surface area contributed by atoms with E-state index in [1.807, 2.05) is 0 Å². The zero-order valence-corrected chi connectivity index (χ0v) is 14.2. The lowest BCUT2D eigenvalue weighted by Gasteiger charge is -2.34. The molecule has 1 atom stereocenters. The topological polar surface area (TPSA) is 55.9 Å². The summed E-state index contributed by atoms with van der Waals surface area (Å²) in [4.78, 5) is 4.86. The standard InChI is InChI=1S/C14H30N4O2S/c1-16(10-11-17-8-5-15-6-9-17)12-14-4-3-7-18(13-14)21(2,19)20/h14-15H,3-13H2,1-2H3. The number of rotatable bonds is 6. The van der Waals surface area contributed by atoms with Crippen LogP contribution in [-0.2, 0) is 10.0 Å². The van der Waals surface area contributed by atoms with Gasteiger partial charge in [-0.3, -0.25) is 4.90 Å². The second-order valence-corrected chi connectivity index (χ2v) is 8.47. The van der Waals surface area contributed by atoms with Gasteiger partial charge in [-0.05, 0) is 25.8 Å². The van der Waals surface area contributed by atoms with Crippen LogP contribution in [0.3, 0.4) is 0 Å². The van der Waals surface area contributed by atoms with Crippen molar-refractivity contribution in [1.29, 1.82) is 0 Å². The molecule has 21 heavy (non-hydrogen) atoms. The number of hydrogen-bond donors (Lipinski definition) is 1.